The largest absolute Gasteiger partial charge is 0.459 e. The lowest BCUT2D eigenvalue weighted by molar-refractivity contribution is -0.150. The van der Waals surface area contributed by atoms with E-state index in [9.17, 15) is 18.4 Å². The summed E-state index contributed by atoms with van der Waals surface area (Å²) in [5.41, 5.74) is 1.05. The van der Waals surface area contributed by atoms with Crippen molar-refractivity contribution in [3.05, 3.63) is 71.3 Å². The summed E-state index contributed by atoms with van der Waals surface area (Å²) in [6, 6.07) is 12.3. The van der Waals surface area contributed by atoms with Gasteiger partial charge in [-0.05, 0) is 30.4 Å². The van der Waals surface area contributed by atoms with Gasteiger partial charge in [0.15, 0.2) is 11.6 Å². The number of benzene rings is 2. The second-order valence-corrected chi connectivity index (χ2v) is 8.98. The Kier molecular flexibility index (Phi) is 8.49. The molecule has 1 saturated heterocycles. The lowest BCUT2D eigenvalue weighted by Crippen LogP contribution is -2.47. The van der Waals surface area contributed by atoms with E-state index < -0.39 is 23.6 Å². The number of thiocarbonyl (C=S) groups is 1. The van der Waals surface area contributed by atoms with Crippen molar-refractivity contribution in [2.75, 3.05) is 0 Å². The lowest BCUT2D eigenvalue weighted by atomic mass is 10.0. The molecule has 0 unspecified atom stereocenters. The van der Waals surface area contributed by atoms with Crippen molar-refractivity contribution in [2.45, 2.75) is 58.3 Å². The number of ether oxygens (including phenoxy) is 1. The zero-order valence-electron chi connectivity index (χ0n) is 18.7. The van der Waals surface area contributed by atoms with Crippen LogP contribution in [0, 0.1) is 17.6 Å². The van der Waals surface area contributed by atoms with Crippen molar-refractivity contribution >= 4 is 29.1 Å². The molecule has 33 heavy (non-hydrogen) atoms. The molecule has 1 amide bonds. The van der Waals surface area contributed by atoms with Crippen molar-refractivity contribution in [1.82, 2.24) is 10.2 Å². The molecule has 1 aliphatic heterocycles. The average Bonchev–Trinajstić information content (AvgIpc) is 3.13. The fourth-order valence-corrected chi connectivity index (χ4v) is 4.17. The summed E-state index contributed by atoms with van der Waals surface area (Å²) in [6.45, 7) is 3.88. The predicted molar refractivity (Wildman–Crippen MR) is 125 cm³/mol. The van der Waals surface area contributed by atoms with Gasteiger partial charge in [0.1, 0.15) is 12.6 Å². The van der Waals surface area contributed by atoms with Gasteiger partial charge in [0, 0.05) is 24.6 Å². The average molecular weight is 475 g/mol. The lowest BCUT2D eigenvalue weighted by Gasteiger charge is -2.28. The molecule has 0 bridgehead atoms. The SMILES string of the molecule is CC(C)[C@H](NC(=O)C[C@@H]1CCC(=S)N1Cc1cccc(F)c1F)C(=O)OCc1ccccc1. The maximum atomic E-state index is 14.1. The summed E-state index contributed by atoms with van der Waals surface area (Å²) >= 11 is 5.40. The van der Waals surface area contributed by atoms with Crippen LogP contribution < -0.4 is 5.32 Å². The number of nitrogens with one attached hydrogen (secondary N) is 1. The molecule has 176 valence electrons. The standard InChI is InChI=1S/C25H28F2N2O3S/c1-16(2)24(25(31)32-15-17-7-4-3-5-8-17)28-21(30)13-19-11-12-22(33)29(19)14-18-9-6-10-20(26)23(18)27/h3-10,16,19,24H,11-15H2,1-2H3,(H,28,30)/t19-,24-/m0/s1. The first kappa shape index (κ1) is 24.8. The summed E-state index contributed by atoms with van der Waals surface area (Å²) in [5.74, 6) is -2.80. The maximum Gasteiger partial charge on any atom is 0.329 e. The van der Waals surface area contributed by atoms with E-state index in [1.807, 2.05) is 44.2 Å². The molecule has 8 heteroatoms. The molecule has 0 saturated carbocycles. The van der Waals surface area contributed by atoms with E-state index in [1.165, 1.54) is 12.1 Å². The molecule has 3 rings (SSSR count). The van der Waals surface area contributed by atoms with Crippen molar-refractivity contribution in [2.24, 2.45) is 5.92 Å². The zero-order valence-corrected chi connectivity index (χ0v) is 19.5. The Balaban J connectivity index is 1.60. The molecule has 1 N–H and O–H groups in total. The van der Waals surface area contributed by atoms with Crippen LogP contribution >= 0.6 is 12.2 Å². The van der Waals surface area contributed by atoms with Crippen LogP contribution in [-0.2, 0) is 27.5 Å². The highest BCUT2D eigenvalue weighted by Crippen LogP contribution is 2.26. The predicted octanol–water partition coefficient (Wildman–Crippen LogP) is 4.53. The summed E-state index contributed by atoms with van der Waals surface area (Å²) in [6.07, 6.45) is 1.32. The fourth-order valence-electron chi connectivity index (χ4n) is 3.84. The van der Waals surface area contributed by atoms with Crippen LogP contribution in [0.25, 0.3) is 0 Å². The van der Waals surface area contributed by atoms with Crippen LogP contribution in [-0.4, -0.2) is 33.8 Å². The first-order chi connectivity index (χ1) is 15.8. The molecule has 0 spiro atoms. The molecular weight excluding hydrogens is 446 g/mol. The Hall–Kier alpha value is -2.87. The number of halogens is 2. The van der Waals surface area contributed by atoms with E-state index in [4.69, 9.17) is 17.0 Å². The van der Waals surface area contributed by atoms with Gasteiger partial charge in [-0.3, -0.25) is 4.79 Å². The number of amides is 1. The topological polar surface area (TPSA) is 58.6 Å². The van der Waals surface area contributed by atoms with Gasteiger partial charge in [-0.2, -0.15) is 0 Å². The Morgan fingerprint density at radius 2 is 1.88 bits per heavy atom. The first-order valence-electron chi connectivity index (χ1n) is 11.0. The Bertz CT molecular complexity index is 1000. The van der Waals surface area contributed by atoms with E-state index in [1.54, 1.807) is 4.90 Å². The number of carbonyl (C=O) groups is 2. The van der Waals surface area contributed by atoms with E-state index >= 15 is 0 Å². The molecule has 2 aromatic carbocycles. The normalized spacial score (nSPS) is 16.7. The van der Waals surface area contributed by atoms with E-state index in [0.29, 0.717) is 17.8 Å². The quantitative estimate of drug-likeness (QED) is 0.428. The van der Waals surface area contributed by atoms with Crippen LogP contribution in [0.1, 0.15) is 44.2 Å². The minimum atomic E-state index is -0.916. The third-order valence-electron chi connectivity index (χ3n) is 5.71. The van der Waals surface area contributed by atoms with Gasteiger partial charge in [0.2, 0.25) is 5.91 Å². The first-order valence-corrected chi connectivity index (χ1v) is 11.4. The minimum absolute atomic E-state index is 0.0895. The highest BCUT2D eigenvalue weighted by Gasteiger charge is 2.33. The molecule has 1 fully saturated rings. The highest BCUT2D eigenvalue weighted by molar-refractivity contribution is 7.80. The number of likely N-dealkylation sites (tertiary alicyclic amines) is 1. The molecule has 0 aromatic heterocycles. The number of carbonyl (C=O) groups excluding carboxylic acids is 2. The highest BCUT2D eigenvalue weighted by atomic mass is 32.1. The summed E-state index contributed by atoms with van der Waals surface area (Å²) < 4.78 is 33.1. The van der Waals surface area contributed by atoms with Gasteiger partial charge >= 0.3 is 5.97 Å². The fraction of sp³-hybridized carbons (Fsp3) is 0.400. The van der Waals surface area contributed by atoms with Gasteiger partial charge in [-0.25, -0.2) is 13.6 Å². The second-order valence-electron chi connectivity index (χ2n) is 8.51. The maximum absolute atomic E-state index is 14.1. The van der Waals surface area contributed by atoms with Crippen LogP contribution in [0.2, 0.25) is 0 Å². The molecule has 0 radical (unpaired) electrons. The molecular formula is C25H28F2N2O3S. The molecule has 2 aromatic rings. The molecule has 2 atom stereocenters. The van der Waals surface area contributed by atoms with E-state index in [2.05, 4.69) is 5.32 Å². The van der Waals surface area contributed by atoms with Gasteiger partial charge in [0.25, 0.3) is 0 Å². The minimum Gasteiger partial charge on any atom is -0.459 e. The van der Waals surface area contributed by atoms with E-state index in [0.717, 1.165) is 11.6 Å². The zero-order chi connectivity index (χ0) is 24.0. The Labute approximate surface area is 198 Å². The second kappa shape index (κ2) is 11.3. The Morgan fingerprint density at radius 3 is 2.58 bits per heavy atom. The molecule has 1 aliphatic rings. The van der Waals surface area contributed by atoms with Gasteiger partial charge in [-0.15, -0.1) is 0 Å². The number of nitrogens with zero attached hydrogens (tertiary/aromatic N) is 1. The monoisotopic (exact) mass is 474 g/mol. The van der Waals surface area contributed by atoms with Crippen LogP contribution in [0.15, 0.2) is 48.5 Å². The summed E-state index contributed by atoms with van der Waals surface area (Å²) in [7, 11) is 0. The van der Waals surface area contributed by atoms with Crippen molar-refractivity contribution < 1.29 is 23.1 Å². The Morgan fingerprint density at radius 1 is 1.15 bits per heavy atom. The van der Waals surface area contributed by atoms with Crippen LogP contribution in [0.3, 0.4) is 0 Å². The summed E-state index contributed by atoms with van der Waals surface area (Å²) in [4.78, 5) is 27.8. The third kappa shape index (κ3) is 6.57. The van der Waals surface area contributed by atoms with E-state index in [-0.39, 0.29) is 43.0 Å². The van der Waals surface area contributed by atoms with Crippen LogP contribution in [0.4, 0.5) is 8.78 Å². The number of rotatable bonds is 9. The summed E-state index contributed by atoms with van der Waals surface area (Å²) in [5, 5.41) is 2.78. The smallest absolute Gasteiger partial charge is 0.329 e. The van der Waals surface area contributed by atoms with Gasteiger partial charge < -0.3 is 15.0 Å². The number of esters is 1. The van der Waals surface area contributed by atoms with Gasteiger partial charge in [0.05, 0.1) is 4.99 Å². The molecule has 0 aliphatic carbocycles. The molecule has 1 heterocycles. The molecule has 5 nitrogen and oxygen atoms in total. The third-order valence-corrected chi connectivity index (χ3v) is 6.15. The van der Waals surface area contributed by atoms with Crippen molar-refractivity contribution in [1.29, 1.82) is 0 Å². The number of hydrogen-bond acceptors (Lipinski definition) is 4. The van der Waals surface area contributed by atoms with Gasteiger partial charge in [-0.1, -0.05) is 68.5 Å². The number of hydrogen-bond donors (Lipinski definition) is 1. The van der Waals surface area contributed by atoms with Crippen molar-refractivity contribution in [3.8, 4) is 0 Å². The van der Waals surface area contributed by atoms with Crippen LogP contribution in [0.5, 0.6) is 0 Å². The van der Waals surface area contributed by atoms with Crippen molar-refractivity contribution in [3.63, 3.8) is 0 Å².